The van der Waals surface area contributed by atoms with Crippen molar-refractivity contribution in [3.63, 3.8) is 0 Å². The molecule has 0 aromatic heterocycles. The van der Waals surface area contributed by atoms with Crippen molar-refractivity contribution < 1.29 is 14.4 Å². The van der Waals surface area contributed by atoms with E-state index in [-0.39, 0.29) is 41.9 Å². The molecule has 40 heavy (non-hydrogen) atoms. The molecule has 3 aromatic carbocycles. The molecule has 2 aliphatic heterocycles. The maximum Gasteiger partial charge on any atom is 0.319 e. The molecule has 0 bridgehead atoms. The van der Waals surface area contributed by atoms with Crippen molar-refractivity contribution in [2.75, 3.05) is 17.2 Å². The lowest BCUT2D eigenvalue weighted by Gasteiger charge is -2.42. The standard InChI is InChI=1S/C32H35N5O3/c33-30(38)21-14-16-22(17-15-21)34-32(40)36-27-13-7-5-11-24(27)31(39)37-19-18-25-28(20-8-2-1-3-9-20)35-26-12-6-4-10-23(26)29(25)37/h1-4,6,8-10,12,14-17,24-25,27-29,35H,5,7,11,13,18-19H2,(H2,33,38)(H2,34,36,40)/t24-,25-,27+,28-,29-/m0/s1. The first-order valence-electron chi connectivity index (χ1n) is 14.2. The maximum absolute atomic E-state index is 14.2. The van der Waals surface area contributed by atoms with E-state index >= 15 is 0 Å². The van der Waals surface area contributed by atoms with Crippen LogP contribution in [0.2, 0.25) is 0 Å². The zero-order valence-electron chi connectivity index (χ0n) is 22.4. The van der Waals surface area contributed by atoms with E-state index in [0.29, 0.717) is 17.8 Å². The summed E-state index contributed by atoms with van der Waals surface area (Å²) in [5, 5.41) is 9.68. The number of carbonyl (C=O) groups is 3. The number of anilines is 2. The van der Waals surface area contributed by atoms with Gasteiger partial charge in [0.1, 0.15) is 0 Å². The number of nitrogens with two attached hydrogens (primary N) is 1. The van der Waals surface area contributed by atoms with E-state index in [1.165, 1.54) is 11.1 Å². The number of hydrogen-bond donors (Lipinski definition) is 4. The molecule has 1 saturated carbocycles. The fourth-order valence-corrected chi connectivity index (χ4v) is 6.83. The van der Waals surface area contributed by atoms with Gasteiger partial charge in [0.05, 0.1) is 18.0 Å². The highest BCUT2D eigenvalue weighted by Crippen LogP contribution is 2.51. The Morgan fingerprint density at radius 2 is 1.57 bits per heavy atom. The summed E-state index contributed by atoms with van der Waals surface area (Å²) < 4.78 is 0. The average molecular weight is 538 g/mol. The number of hydrogen-bond acceptors (Lipinski definition) is 4. The number of urea groups is 1. The predicted molar refractivity (Wildman–Crippen MR) is 155 cm³/mol. The van der Waals surface area contributed by atoms with Crippen molar-refractivity contribution in [1.29, 1.82) is 0 Å². The van der Waals surface area contributed by atoms with Crippen LogP contribution in [0.5, 0.6) is 0 Å². The molecule has 0 spiro atoms. The van der Waals surface area contributed by atoms with Crippen LogP contribution in [0.25, 0.3) is 0 Å². The van der Waals surface area contributed by atoms with Gasteiger partial charge in [-0.05, 0) is 60.7 Å². The second kappa shape index (κ2) is 11.0. The van der Waals surface area contributed by atoms with Crippen molar-refractivity contribution in [3.05, 3.63) is 95.6 Å². The molecular weight excluding hydrogens is 502 g/mol. The minimum Gasteiger partial charge on any atom is -0.378 e. The first-order chi connectivity index (χ1) is 19.5. The van der Waals surface area contributed by atoms with E-state index in [9.17, 15) is 14.4 Å². The van der Waals surface area contributed by atoms with Gasteiger partial charge < -0.3 is 26.6 Å². The molecular formula is C32H35N5O3. The summed E-state index contributed by atoms with van der Waals surface area (Å²) in [6.45, 7) is 0.704. The largest absolute Gasteiger partial charge is 0.378 e. The van der Waals surface area contributed by atoms with Gasteiger partial charge in [0.25, 0.3) is 0 Å². The van der Waals surface area contributed by atoms with Gasteiger partial charge in [-0.2, -0.15) is 0 Å². The molecule has 4 amide bonds. The van der Waals surface area contributed by atoms with Crippen LogP contribution >= 0.6 is 0 Å². The molecule has 0 unspecified atom stereocenters. The van der Waals surface area contributed by atoms with Gasteiger partial charge in [0.2, 0.25) is 11.8 Å². The van der Waals surface area contributed by atoms with E-state index in [4.69, 9.17) is 5.73 Å². The van der Waals surface area contributed by atoms with Crippen LogP contribution in [0.1, 0.15) is 65.7 Å². The number of fused-ring (bicyclic) bond motifs is 3. The minimum absolute atomic E-state index is 0.00432. The van der Waals surface area contributed by atoms with Crippen LogP contribution in [-0.4, -0.2) is 35.3 Å². The highest BCUT2D eigenvalue weighted by molar-refractivity contribution is 5.94. The summed E-state index contributed by atoms with van der Waals surface area (Å²) in [4.78, 5) is 40.6. The third-order valence-corrected chi connectivity index (χ3v) is 8.73. The van der Waals surface area contributed by atoms with E-state index in [1.54, 1.807) is 24.3 Å². The normalized spacial score (nSPS) is 25.2. The quantitative estimate of drug-likeness (QED) is 0.357. The number of nitrogens with zero attached hydrogens (tertiary/aromatic N) is 1. The zero-order chi connectivity index (χ0) is 27.6. The van der Waals surface area contributed by atoms with E-state index < -0.39 is 5.91 Å². The number of primary amides is 1. The summed E-state index contributed by atoms with van der Waals surface area (Å²) in [6, 6.07) is 24.8. The van der Waals surface area contributed by atoms with E-state index in [0.717, 1.165) is 37.8 Å². The molecule has 3 aliphatic rings. The van der Waals surface area contributed by atoms with Crippen LogP contribution in [0, 0.1) is 11.8 Å². The van der Waals surface area contributed by atoms with Crippen molar-refractivity contribution in [3.8, 4) is 0 Å². The first kappa shape index (κ1) is 25.9. The topological polar surface area (TPSA) is 117 Å². The molecule has 3 aromatic rings. The third-order valence-electron chi connectivity index (χ3n) is 8.73. The molecule has 2 heterocycles. The molecule has 1 aliphatic carbocycles. The van der Waals surface area contributed by atoms with Crippen LogP contribution in [-0.2, 0) is 4.79 Å². The Morgan fingerprint density at radius 1 is 0.850 bits per heavy atom. The summed E-state index contributed by atoms with van der Waals surface area (Å²) in [6.07, 6.45) is 4.38. The van der Waals surface area contributed by atoms with Crippen LogP contribution in [0.3, 0.4) is 0 Å². The van der Waals surface area contributed by atoms with Crippen molar-refractivity contribution in [2.45, 2.75) is 50.2 Å². The Morgan fingerprint density at radius 3 is 2.35 bits per heavy atom. The fraction of sp³-hybridized carbons (Fsp3) is 0.344. The van der Waals surface area contributed by atoms with Crippen LogP contribution in [0.15, 0.2) is 78.9 Å². The Bertz CT molecular complexity index is 1390. The second-order valence-electron chi connectivity index (χ2n) is 11.1. The zero-order valence-corrected chi connectivity index (χ0v) is 22.4. The van der Waals surface area contributed by atoms with Gasteiger partial charge in [0.15, 0.2) is 0 Å². The Labute approximate surface area is 234 Å². The minimum atomic E-state index is -0.518. The number of benzene rings is 3. The second-order valence-corrected chi connectivity index (χ2v) is 11.1. The molecule has 8 nitrogen and oxygen atoms in total. The molecule has 2 fully saturated rings. The number of rotatable bonds is 5. The lowest BCUT2D eigenvalue weighted by atomic mass is 9.79. The lowest BCUT2D eigenvalue weighted by molar-refractivity contribution is -0.138. The molecule has 0 radical (unpaired) electrons. The van der Waals surface area contributed by atoms with E-state index in [1.807, 2.05) is 18.2 Å². The highest BCUT2D eigenvalue weighted by Gasteiger charge is 2.48. The summed E-state index contributed by atoms with van der Waals surface area (Å²) in [5.74, 6) is -0.391. The Kier molecular flexibility index (Phi) is 7.15. The number of likely N-dealkylation sites (tertiary alicyclic amines) is 1. The Balaban J connectivity index is 1.20. The van der Waals surface area contributed by atoms with Crippen molar-refractivity contribution in [2.24, 2.45) is 17.6 Å². The number of carbonyl (C=O) groups excluding carboxylic acids is 3. The van der Waals surface area contributed by atoms with Gasteiger partial charge in [-0.15, -0.1) is 0 Å². The fourth-order valence-electron chi connectivity index (χ4n) is 6.83. The van der Waals surface area contributed by atoms with Gasteiger partial charge in [0, 0.05) is 35.4 Å². The smallest absolute Gasteiger partial charge is 0.319 e. The third kappa shape index (κ3) is 5.01. The van der Waals surface area contributed by atoms with Gasteiger partial charge in [-0.3, -0.25) is 9.59 Å². The number of amides is 4. The molecule has 5 atom stereocenters. The number of nitrogens with one attached hydrogen (secondary N) is 3. The van der Waals surface area contributed by atoms with E-state index in [2.05, 4.69) is 57.2 Å². The average Bonchev–Trinajstić information content (AvgIpc) is 3.43. The van der Waals surface area contributed by atoms with Gasteiger partial charge >= 0.3 is 6.03 Å². The monoisotopic (exact) mass is 537 g/mol. The van der Waals surface area contributed by atoms with Crippen LogP contribution < -0.4 is 21.7 Å². The first-order valence-corrected chi connectivity index (χ1v) is 14.2. The molecule has 206 valence electrons. The van der Waals surface area contributed by atoms with Crippen molar-refractivity contribution >= 4 is 29.2 Å². The lowest BCUT2D eigenvalue weighted by Crippen LogP contribution is -2.51. The molecule has 5 N–H and O–H groups in total. The molecule has 1 saturated heterocycles. The van der Waals surface area contributed by atoms with Gasteiger partial charge in [-0.25, -0.2) is 4.79 Å². The molecule has 8 heteroatoms. The number of para-hydroxylation sites is 1. The molecule has 6 rings (SSSR count). The summed E-state index contributed by atoms with van der Waals surface area (Å²) in [5.41, 5.74) is 9.73. The summed E-state index contributed by atoms with van der Waals surface area (Å²) in [7, 11) is 0. The van der Waals surface area contributed by atoms with Crippen LogP contribution in [0.4, 0.5) is 16.2 Å². The SMILES string of the molecule is NC(=O)c1ccc(NC(=O)N[C@@H]2CCCC[C@@H]2C(=O)N2CC[C@H]3[C@H](c4ccccc4)Nc4ccccc4[C@@H]32)cc1. The highest BCUT2D eigenvalue weighted by atomic mass is 16.2. The predicted octanol–water partition coefficient (Wildman–Crippen LogP) is 5.22. The summed E-state index contributed by atoms with van der Waals surface area (Å²) >= 11 is 0. The Hall–Kier alpha value is -4.33. The van der Waals surface area contributed by atoms with Gasteiger partial charge in [-0.1, -0.05) is 61.4 Å². The maximum atomic E-state index is 14.2. The van der Waals surface area contributed by atoms with Crippen molar-refractivity contribution in [1.82, 2.24) is 10.2 Å².